The van der Waals surface area contributed by atoms with Crippen LogP contribution >= 0.6 is 0 Å². The lowest BCUT2D eigenvalue weighted by molar-refractivity contribution is -0.125. The molecule has 3 aromatic carbocycles. The average molecular weight is 593 g/mol. The van der Waals surface area contributed by atoms with Gasteiger partial charge in [0.1, 0.15) is 12.4 Å². The summed E-state index contributed by atoms with van der Waals surface area (Å²) in [6.07, 6.45) is -0.160. The van der Waals surface area contributed by atoms with E-state index in [9.17, 15) is 22.4 Å². The van der Waals surface area contributed by atoms with Crippen molar-refractivity contribution in [3.8, 4) is 5.75 Å². The molecule has 0 saturated carbocycles. The Morgan fingerprint density at radius 3 is 2.42 bits per heavy atom. The molecule has 224 valence electrons. The number of fused-ring (bicyclic) bond motifs is 1. The number of carbonyl (C=O) groups is 1. The molecule has 2 N–H and O–H groups in total. The molecule has 43 heavy (non-hydrogen) atoms. The van der Waals surface area contributed by atoms with Crippen molar-refractivity contribution in [3.05, 3.63) is 108 Å². The number of aromatic nitrogens is 2. The number of amides is 1. The minimum atomic E-state index is -4.48. The Kier molecular flexibility index (Phi) is 9.56. The zero-order chi connectivity index (χ0) is 30.2. The first-order chi connectivity index (χ1) is 20.8. The molecule has 4 aromatic rings. The highest BCUT2D eigenvalue weighted by atomic mass is 19.4. The maximum atomic E-state index is 14.4. The van der Waals surface area contributed by atoms with Crippen LogP contribution in [0.4, 0.5) is 17.6 Å². The summed E-state index contributed by atoms with van der Waals surface area (Å²) in [6.45, 7) is 3.05. The largest absolute Gasteiger partial charge is 0.492 e. The molecule has 1 aromatic heterocycles. The molecule has 10 heteroatoms. The number of alkyl halides is 3. The summed E-state index contributed by atoms with van der Waals surface area (Å²) in [5.74, 6) is -0.137. The molecule has 1 aliphatic heterocycles. The second-order valence-corrected chi connectivity index (χ2v) is 10.3. The third kappa shape index (κ3) is 7.90. The number of ether oxygens (including phenoxy) is 1. The summed E-state index contributed by atoms with van der Waals surface area (Å²) < 4.78 is 62.0. The Hall–Kier alpha value is -4.44. The number of likely N-dealkylation sites (tertiary alicyclic amines) is 1. The molecule has 0 atom stereocenters. The molecule has 0 bridgehead atoms. The van der Waals surface area contributed by atoms with E-state index in [4.69, 9.17) is 4.74 Å². The number of hydrogen-bond acceptors (Lipinski definition) is 4. The first-order valence-corrected chi connectivity index (χ1v) is 14.2. The number of halogens is 4. The first-order valence-electron chi connectivity index (χ1n) is 14.2. The molecule has 0 radical (unpaired) electrons. The minimum Gasteiger partial charge on any atom is -0.492 e. The predicted octanol–water partition coefficient (Wildman–Crippen LogP) is 6.76. The highest BCUT2D eigenvalue weighted by molar-refractivity contribution is 6.00. The molecule has 1 saturated heterocycles. The predicted molar refractivity (Wildman–Crippen MR) is 159 cm³/mol. The van der Waals surface area contributed by atoms with E-state index >= 15 is 0 Å². The molecular weight excluding hydrogens is 560 g/mol. The lowest BCUT2D eigenvalue weighted by Crippen LogP contribution is -2.26. The van der Waals surface area contributed by atoms with Crippen molar-refractivity contribution in [2.45, 2.75) is 25.4 Å². The van der Waals surface area contributed by atoms with Crippen LogP contribution < -0.4 is 10.1 Å². The number of benzene rings is 3. The van der Waals surface area contributed by atoms with Crippen LogP contribution in [0.15, 0.2) is 84.9 Å². The van der Waals surface area contributed by atoms with Crippen LogP contribution in [0.25, 0.3) is 22.0 Å². The molecule has 0 spiro atoms. The van der Waals surface area contributed by atoms with Crippen LogP contribution in [0.1, 0.15) is 36.0 Å². The zero-order valence-electron chi connectivity index (χ0n) is 23.5. The Bertz CT molecular complexity index is 1590. The van der Waals surface area contributed by atoms with Crippen LogP contribution in [-0.2, 0) is 4.79 Å². The van der Waals surface area contributed by atoms with Crippen LogP contribution in [0.3, 0.4) is 0 Å². The standard InChI is InChI=1S/C33H32F4N4O2/c34-32-27-21-25(12-15-29(27)39-40-32)31(28(22-33(35,36)37)23-7-2-1-3-8-23)24-10-13-26(14-11-24)43-20-17-38-16-6-9-30(42)41-18-4-5-19-41/h1-3,6-15,21,38H,4-5,16-20,22H2,(H,39,40)/b9-6?,31-28+. The van der Waals surface area contributed by atoms with Gasteiger partial charge in [-0.1, -0.05) is 54.6 Å². The Balaban J connectivity index is 1.34. The Morgan fingerprint density at radius 2 is 1.70 bits per heavy atom. The number of carbonyl (C=O) groups excluding carboxylic acids is 1. The normalized spacial score (nSPS) is 14.5. The van der Waals surface area contributed by atoms with Gasteiger partial charge in [-0.05, 0) is 64.9 Å². The van der Waals surface area contributed by atoms with Gasteiger partial charge in [0.05, 0.1) is 17.3 Å². The summed E-state index contributed by atoms with van der Waals surface area (Å²) in [5, 5.41) is 9.56. The smallest absolute Gasteiger partial charge is 0.393 e. The number of nitrogens with one attached hydrogen (secondary N) is 2. The van der Waals surface area contributed by atoms with Gasteiger partial charge in [0, 0.05) is 32.3 Å². The molecule has 0 unspecified atom stereocenters. The maximum Gasteiger partial charge on any atom is 0.393 e. The van der Waals surface area contributed by atoms with Crippen LogP contribution in [0, 0.1) is 5.95 Å². The average Bonchev–Trinajstić information content (AvgIpc) is 3.67. The number of allylic oxidation sites excluding steroid dienone is 1. The summed E-state index contributed by atoms with van der Waals surface area (Å²) in [6, 6.07) is 20.0. The van der Waals surface area contributed by atoms with Crippen molar-refractivity contribution in [1.29, 1.82) is 0 Å². The fraction of sp³-hybridized carbons (Fsp3) is 0.273. The van der Waals surface area contributed by atoms with E-state index in [0.29, 0.717) is 53.2 Å². The highest BCUT2D eigenvalue weighted by Crippen LogP contribution is 2.40. The summed E-state index contributed by atoms with van der Waals surface area (Å²) >= 11 is 0. The van der Waals surface area contributed by atoms with Crippen molar-refractivity contribution in [3.63, 3.8) is 0 Å². The van der Waals surface area contributed by atoms with Crippen molar-refractivity contribution < 1.29 is 27.1 Å². The van der Waals surface area contributed by atoms with E-state index in [-0.39, 0.29) is 16.9 Å². The first kappa shape index (κ1) is 30.0. The lowest BCUT2D eigenvalue weighted by atomic mass is 9.87. The second kappa shape index (κ2) is 13.7. The van der Waals surface area contributed by atoms with Crippen molar-refractivity contribution >= 4 is 28.0 Å². The quantitative estimate of drug-likeness (QED) is 0.0874. The molecule has 1 amide bonds. The molecule has 2 heterocycles. The number of aromatic amines is 1. The number of H-pyrrole nitrogens is 1. The minimum absolute atomic E-state index is 0.0320. The molecule has 5 rings (SSSR count). The van der Waals surface area contributed by atoms with E-state index in [1.165, 1.54) is 6.07 Å². The second-order valence-electron chi connectivity index (χ2n) is 10.3. The lowest BCUT2D eigenvalue weighted by Gasteiger charge is -2.19. The fourth-order valence-corrected chi connectivity index (χ4v) is 5.17. The van der Waals surface area contributed by atoms with Crippen molar-refractivity contribution in [1.82, 2.24) is 20.4 Å². The molecule has 1 aliphatic rings. The third-order valence-electron chi connectivity index (χ3n) is 7.24. The maximum absolute atomic E-state index is 14.4. The zero-order valence-corrected chi connectivity index (χ0v) is 23.5. The van der Waals surface area contributed by atoms with Crippen molar-refractivity contribution in [2.75, 3.05) is 32.8 Å². The van der Waals surface area contributed by atoms with Gasteiger partial charge in [0.2, 0.25) is 11.9 Å². The molecule has 0 aliphatic carbocycles. The van der Waals surface area contributed by atoms with Gasteiger partial charge < -0.3 is 15.0 Å². The number of rotatable bonds is 11. The van der Waals surface area contributed by atoms with E-state index in [0.717, 1.165) is 25.9 Å². The Labute approximate surface area is 247 Å². The highest BCUT2D eigenvalue weighted by Gasteiger charge is 2.31. The molecule has 1 fully saturated rings. The Morgan fingerprint density at radius 1 is 0.977 bits per heavy atom. The summed E-state index contributed by atoms with van der Waals surface area (Å²) in [7, 11) is 0. The van der Waals surface area contributed by atoms with Gasteiger partial charge in [0.25, 0.3) is 0 Å². The van der Waals surface area contributed by atoms with E-state index < -0.39 is 18.5 Å². The number of hydrogen-bond donors (Lipinski definition) is 2. The summed E-state index contributed by atoms with van der Waals surface area (Å²) in [4.78, 5) is 13.9. The van der Waals surface area contributed by atoms with Crippen LogP contribution in [0.2, 0.25) is 0 Å². The van der Waals surface area contributed by atoms with Gasteiger partial charge in [-0.15, -0.1) is 5.10 Å². The van der Waals surface area contributed by atoms with E-state index in [2.05, 4.69) is 15.5 Å². The van der Waals surface area contributed by atoms with E-state index in [1.54, 1.807) is 78.9 Å². The van der Waals surface area contributed by atoms with Gasteiger partial charge >= 0.3 is 6.18 Å². The van der Waals surface area contributed by atoms with Gasteiger partial charge in [0.15, 0.2) is 0 Å². The third-order valence-corrected chi connectivity index (χ3v) is 7.24. The van der Waals surface area contributed by atoms with E-state index in [1.807, 2.05) is 4.90 Å². The topological polar surface area (TPSA) is 70.2 Å². The summed E-state index contributed by atoms with van der Waals surface area (Å²) in [5.41, 5.74) is 2.25. The molecular formula is C33H32F4N4O2. The SMILES string of the molecule is O=C(C=CCNCCOc1ccc(/C(=C(/CC(F)(F)F)c2ccccc2)c2ccc3[nH]nc(F)c3c2)cc1)N1CCCC1. The number of nitrogens with zero attached hydrogens (tertiary/aromatic N) is 2. The fourth-order valence-electron chi connectivity index (χ4n) is 5.17. The van der Waals surface area contributed by atoms with Gasteiger partial charge in [-0.25, -0.2) is 0 Å². The van der Waals surface area contributed by atoms with Gasteiger partial charge in [-0.3, -0.25) is 9.89 Å². The van der Waals surface area contributed by atoms with Crippen LogP contribution in [-0.4, -0.2) is 60.0 Å². The monoisotopic (exact) mass is 592 g/mol. The van der Waals surface area contributed by atoms with Gasteiger partial charge in [-0.2, -0.15) is 17.6 Å². The van der Waals surface area contributed by atoms with Crippen LogP contribution in [0.5, 0.6) is 5.75 Å². The molecule has 6 nitrogen and oxygen atoms in total. The van der Waals surface area contributed by atoms with Crippen molar-refractivity contribution in [2.24, 2.45) is 0 Å².